The van der Waals surface area contributed by atoms with E-state index in [9.17, 15) is 0 Å². The fourth-order valence-electron chi connectivity index (χ4n) is 2.42. The van der Waals surface area contributed by atoms with Gasteiger partial charge in [0.05, 0.1) is 11.0 Å². The lowest BCUT2D eigenvalue weighted by atomic mass is 10.1. The lowest BCUT2D eigenvalue weighted by Gasteiger charge is -2.24. The number of aromatic nitrogens is 2. The zero-order valence-corrected chi connectivity index (χ0v) is 11.6. The third-order valence-corrected chi connectivity index (χ3v) is 3.16. The summed E-state index contributed by atoms with van der Waals surface area (Å²) in [6, 6.07) is 8.37. The molecule has 0 bridgehead atoms. The summed E-state index contributed by atoms with van der Waals surface area (Å²) < 4.78 is 2.36. The number of nitrogens with two attached hydrogens (primary N) is 1. The standard InChI is InChI=1S/C15H23N3/c1-15(2,3)18-13-9-5-4-8-12(13)17-14(18)10-6-7-11-16/h4-5,8-9H,6-7,10-11,16H2,1-3H3. The van der Waals surface area contributed by atoms with E-state index in [4.69, 9.17) is 10.7 Å². The molecule has 18 heavy (non-hydrogen) atoms. The molecule has 98 valence electrons. The lowest BCUT2D eigenvalue weighted by Crippen LogP contribution is -2.24. The molecule has 1 heterocycles. The van der Waals surface area contributed by atoms with Crippen molar-refractivity contribution in [3.05, 3.63) is 30.1 Å². The zero-order valence-electron chi connectivity index (χ0n) is 11.6. The van der Waals surface area contributed by atoms with Crippen LogP contribution in [0.25, 0.3) is 11.0 Å². The summed E-state index contributed by atoms with van der Waals surface area (Å²) in [5.74, 6) is 1.18. The SMILES string of the molecule is CC(C)(C)n1c(CCCCN)nc2ccccc21. The topological polar surface area (TPSA) is 43.8 Å². The van der Waals surface area contributed by atoms with Gasteiger partial charge in [0.15, 0.2) is 0 Å². The fraction of sp³-hybridized carbons (Fsp3) is 0.533. The minimum absolute atomic E-state index is 0.0636. The first-order chi connectivity index (χ1) is 8.54. The van der Waals surface area contributed by atoms with Crippen molar-refractivity contribution in [2.24, 2.45) is 5.73 Å². The Balaban J connectivity index is 2.44. The molecule has 0 fully saturated rings. The number of fused-ring (bicyclic) bond motifs is 1. The maximum Gasteiger partial charge on any atom is 0.110 e. The molecule has 3 nitrogen and oxygen atoms in total. The smallest absolute Gasteiger partial charge is 0.110 e. The first kappa shape index (κ1) is 13.1. The molecule has 0 saturated carbocycles. The second-order valence-electron chi connectivity index (χ2n) is 5.77. The minimum Gasteiger partial charge on any atom is -0.330 e. The van der Waals surface area contributed by atoms with Gasteiger partial charge >= 0.3 is 0 Å². The van der Waals surface area contributed by atoms with E-state index >= 15 is 0 Å². The number of unbranched alkanes of at least 4 members (excludes halogenated alkanes) is 1. The van der Waals surface area contributed by atoms with E-state index in [0.717, 1.165) is 31.3 Å². The Morgan fingerprint density at radius 1 is 1.17 bits per heavy atom. The van der Waals surface area contributed by atoms with Crippen molar-refractivity contribution in [2.75, 3.05) is 6.54 Å². The molecule has 3 heteroatoms. The molecule has 0 aliphatic heterocycles. The van der Waals surface area contributed by atoms with Crippen LogP contribution in [0.4, 0.5) is 0 Å². The second-order valence-corrected chi connectivity index (χ2v) is 5.77. The Morgan fingerprint density at radius 3 is 2.56 bits per heavy atom. The van der Waals surface area contributed by atoms with Gasteiger partial charge in [-0.15, -0.1) is 0 Å². The number of para-hydroxylation sites is 2. The van der Waals surface area contributed by atoms with Crippen molar-refractivity contribution in [1.29, 1.82) is 0 Å². The molecule has 2 rings (SSSR count). The van der Waals surface area contributed by atoms with Crippen LogP contribution in [0.2, 0.25) is 0 Å². The molecule has 2 N–H and O–H groups in total. The summed E-state index contributed by atoms with van der Waals surface area (Å²) in [5, 5.41) is 0. The third-order valence-electron chi connectivity index (χ3n) is 3.16. The molecule has 0 spiro atoms. The maximum absolute atomic E-state index is 5.56. The summed E-state index contributed by atoms with van der Waals surface area (Å²) in [4.78, 5) is 4.77. The Hall–Kier alpha value is -1.35. The zero-order chi connectivity index (χ0) is 13.2. The first-order valence-electron chi connectivity index (χ1n) is 6.71. The number of hydrogen-bond acceptors (Lipinski definition) is 2. The minimum atomic E-state index is 0.0636. The van der Waals surface area contributed by atoms with Gasteiger partial charge in [-0.3, -0.25) is 0 Å². The van der Waals surface area contributed by atoms with Crippen LogP contribution in [-0.4, -0.2) is 16.1 Å². The molecule has 0 aliphatic rings. The predicted octanol–water partition coefficient (Wildman–Crippen LogP) is 3.07. The Morgan fingerprint density at radius 2 is 1.89 bits per heavy atom. The van der Waals surface area contributed by atoms with Crippen LogP contribution in [-0.2, 0) is 12.0 Å². The third kappa shape index (κ3) is 2.56. The number of rotatable bonds is 4. The molecule has 0 atom stereocenters. The van der Waals surface area contributed by atoms with Gasteiger partial charge in [-0.05, 0) is 52.3 Å². The van der Waals surface area contributed by atoms with Crippen molar-refractivity contribution in [3.63, 3.8) is 0 Å². The van der Waals surface area contributed by atoms with Gasteiger partial charge in [0.1, 0.15) is 5.82 Å². The van der Waals surface area contributed by atoms with Crippen LogP contribution in [0, 0.1) is 0 Å². The van der Waals surface area contributed by atoms with Gasteiger partial charge < -0.3 is 10.3 Å². The number of hydrogen-bond donors (Lipinski definition) is 1. The van der Waals surface area contributed by atoms with E-state index in [1.54, 1.807) is 0 Å². The molecule has 2 aromatic rings. The number of benzene rings is 1. The van der Waals surface area contributed by atoms with Crippen molar-refractivity contribution in [2.45, 2.75) is 45.6 Å². The van der Waals surface area contributed by atoms with E-state index in [1.807, 2.05) is 6.07 Å². The number of imidazole rings is 1. The molecular formula is C15H23N3. The average Bonchev–Trinajstić information content (AvgIpc) is 2.67. The van der Waals surface area contributed by atoms with Gasteiger partial charge in [0.2, 0.25) is 0 Å². The van der Waals surface area contributed by atoms with Gasteiger partial charge in [0, 0.05) is 12.0 Å². The van der Waals surface area contributed by atoms with E-state index in [-0.39, 0.29) is 5.54 Å². The molecule has 1 aromatic carbocycles. The van der Waals surface area contributed by atoms with Crippen molar-refractivity contribution < 1.29 is 0 Å². The van der Waals surface area contributed by atoms with Gasteiger partial charge in [0.25, 0.3) is 0 Å². The van der Waals surface area contributed by atoms with Crippen LogP contribution in [0.1, 0.15) is 39.4 Å². The van der Waals surface area contributed by atoms with Gasteiger partial charge in [-0.1, -0.05) is 12.1 Å². The number of nitrogens with zero attached hydrogens (tertiary/aromatic N) is 2. The highest BCUT2D eigenvalue weighted by Crippen LogP contribution is 2.25. The van der Waals surface area contributed by atoms with Crippen molar-refractivity contribution in [3.8, 4) is 0 Å². The monoisotopic (exact) mass is 245 g/mol. The molecule has 0 radical (unpaired) electrons. The van der Waals surface area contributed by atoms with E-state index in [1.165, 1.54) is 11.3 Å². The largest absolute Gasteiger partial charge is 0.330 e. The van der Waals surface area contributed by atoms with Crippen LogP contribution < -0.4 is 5.73 Å². The van der Waals surface area contributed by atoms with Crippen LogP contribution in [0.15, 0.2) is 24.3 Å². The van der Waals surface area contributed by atoms with Crippen LogP contribution in [0.3, 0.4) is 0 Å². The first-order valence-corrected chi connectivity index (χ1v) is 6.71. The van der Waals surface area contributed by atoms with Crippen LogP contribution in [0.5, 0.6) is 0 Å². The summed E-state index contributed by atoms with van der Waals surface area (Å²) in [5.41, 5.74) is 7.95. The van der Waals surface area contributed by atoms with E-state index in [0.29, 0.717) is 0 Å². The van der Waals surface area contributed by atoms with Gasteiger partial charge in [-0.25, -0.2) is 4.98 Å². The summed E-state index contributed by atoms with van der Waals surface area (Å²) >= 11 is 0. The Kier molecular flexibility index (Phi) is 3.71. The highest BCUT2D eigenvalue weighted by atomic mass is 15.1. The predicted molar refractivity (Wildman–Crippen MR) is 76.7 cm³/mol. The summed E-state index contributed by atoms with van der Waals surface area (Å²) in [6.45, 7) is 7.45. The van der Waals surface area contributed by atoms with E-state index in [2.05, 4.69) is 43.5 Å². The maximum atomic E-state index is 5.56. The molecule has 1 aromatic heterocycles. The molecule has 0 unspecified atom stereocenters. The normalized spacial score (nSPS) is 12.2. The quantitative estimate of drug-likeness (QED) is 0.841. The summed E-state index contributed by atoms with van der Waals surface area (Å²) in [7, 11) is 0. The highest BCUT2D eigenvalue weighted by Gasteiger charge is 2.20. The van der Waals surface area contributed by atoms with Gasteiger partial charge in [-0.2, -0.15) is 0 Å². The summed E-state index contributed by atoms with van der Waals surface area (Å²) in [6.07, 6.45) is 3.17. The van der Waals surface area contributed by atoms with Crippen molar-refractivity contribution in [1.82, 2.24) is 9.55 Å². The Bertz CT molecular complexity index is 520. The van der Waals surface area contributed by atoms with Crippen LogP contribution >= 0.6 is 0 Å². The van der Waals surface area contributed by atoms with E-state index < -0.39 is 0 Å². The lowest BCUT2D eigenvalue weighted by molar-refractivity contribution is 0.392. The molecule has 0 amide bonds. The Labute approximate surface area is 109 Å². The highest BCUT2D eigenvalue weighted by molar-refractivity contribution is 5.76. The second kappa shape index (κ2) is 5.11. The molecule has 0 aliphatic carbocycles. The molecule has 0 saturated heterocycles. The van der Waals surface area contributed by atoms with Crippen molar-refractivity contribution >= 4 is 11.0 Å². The average molecular weight is 245 g/mol. The number of aryl methyl sites for hydroxylation is 1. The fourth-order valence-corrected chi connectivity index (χ4v) is 2.42. The molecular weight excluding hydrogens is 222 g/mol.